The third kappa shape index (κ3) is 5.06. The van der Waals surface area contributed by atoms with Crippen LogP contribution in [0, 0.1) is 11.3 Å². The third-order valence-corrected chi connectivity index (χ3v) is 7.43. The number of rotatable bonds is 7. The molecule has 6 rings (SSSR count). The molecule has 3 aromatic carbocycles. The van der Waals surface area contributed by atoms with E-state index in [1.165, 1.54) is 18.5 Å². The van der Waals surface area contributed by atoms with Crippen molar-refractivity contribution in [2.75, 3.05) is 12.4 Å². The average molecular weight is 580 g/mol. The van der Waals surface area contributed by atoms with Gasteiger partial charge in [-0.3, -0.25) is 4.79 Å². The highest BCUT2D eigenvalue weighted by Crippen LogP contribution is 2.41. The number of carbonyl (C=O) groups is 1. The molecule has 0 saturated heterocycles. The van der Waals surface area contributed by atoms with Crippen molar-refractivity contribution in [3.05, 3.63) is 119 Å². The number of halogens is 3. The lowest BCUT2D eigenvalue weighted by molar-refractivity contribution is -0.137. The molecule has 0 radical (unpaired) electrons. The lowest BCUT2D eigenvalue weighted by Gasteiger charge is -2.15. The van der Waals surface area contributed by atoms with Crippen molar-refractivity contribution in [2.24, 2.45) is 7.05 Å². The Kier molecular flexibility index (Phi) is 6.86. The molecule has 0 aliphatic carbocycles. The SMILES string of the molecule is COc1ccc(CNc2ccc(C(=O)c3ccc4c(-c5cc6ncn(C)c6cc5C(F)(F)F)cccn34)cc2C#N)cc1. The van der Waals surface area contributed by atoms with E-state index < -0.39 is 11.7 Å². The number of nitriles is 1. The topological polar surface area (TPSA) is 84.3 Å². The molecule has 6 aromatic rings. The lowest BCUT2D eigenvalue weighted by Crippen LogP contribution is -2.09. The number of nitrogens with one attached hydrogen (secondary N) is 1. The number of methoxy groups -OCH3 is 1. The minimum absolute atomic E-state index is 0.0274. The van der Waals surface area contributed by atoms with Gasteiger partial charge in [0.2, 0.25) is 5.78 Å². The number of alkyl halides is 3. The number of fused-ring (bicyclic) bond motifs is 2. The number of anilines is 1. The first kappa shape index (κ1) is 27.6. The summed E-state index contributed by atoms with van der Waals surface area (Å²) in [7, 11) is 3.24. The number of imidazole rings is 1. The summed E-state index contributed by atoms with van der Waals surface area (Å²) in [5.74, 6) is 0.371. The number of pyridine rings is 1. The lowest BCUT2D eigenvalue weighted by atomic mass is 9.98. The Balaban J connectivity index is 1.34. The molecule has 1 N–H and O–H groups in total. The van der Waals surface area contributed by atoms with Crippen molar-refractivity contribution in [3.63, 3.8) is 0 Å². The van der Waals surface area contributed by atoms with Crippen LogP contribution >= 0.6 is 0 Å². The van der Waals surface area contributed by atoms with Gasteiger partial charge >= 0.3 is 6.18 Å². The number of benzene rings is 3. The van der Waals surface area contributed by atoms with E-state index in [0.717, 1.165) is 17.4 Å². The highest BCUT2D eigenvalue weighted by atomic mass is 19.4. The van der Waals surface area contributed by atoms with Gasteiger partial charge in [-0.2, -0.15) is 18.4 Å². The molecule has 0 spiro atoms. The van der Waals surface area contributed by atoms with Gasteiger partial charge < -0.3 is 19.0 Å². The summed E-state index contributed by atoms with van der Waals surface area (Å²) >= 11 is 0. The average Bonchev–Trinajstić information content (AvgIpc) is 3.62. The van der Waals surface area contributed by atoms with Gasteiger partial charge in [-0.1, -0.05) is 18.2 Å². The Morgan fingerprint density at radius 1 is 1.00 bits per heavy atom. The number of aromatic nitrogens is 3. The normalized spacial score (nSPS) is 11.5. The van der Waals surface area contributed by atoms with Gasteiger partial charge in [-0.15, -0.1) is 0 Å². The highest BCUT2D eigenvalue weighted by Gasteiger charge is 2.35. The molecule has 0 saturated carbocycles. The van der Waals surface area contributed by atoms with E-state index in [1.54, 1.807) is 65.7 Å². The number of ketones is 1. The van der Waals surface area contributed by atoms with E-state index in [9.17, 15) is 23.2 Å². The number of ether oxygens (including phenoxy) is 1. The molecular weight excluding hydrogens is 555 g/mol. The standard InChI is InChI=1S/C33H24F3N5O2/c1-40-19-39-28-15-25(26(16-31(28)40)33(34,35)36)24-4-3-13-41-29(24)11-12-30(41)32(42)21-7-10-27(22(14-21)17-37)38-18-20-5-8-23(43-2)9-6-20/h3-16,19,38H,18H2,1-2H3. The second kappa shape index (κ2) is 10.7. The summed E-state index contributed by atoms with van der Waals surface area (Å²) in [6.07, 6.45) is -1.50. The van der Waals surface area contributed by atoms with Gasteiger partial charge in [0.25, 0.3) is 0 Å². The monoisotopic (exact) mass is 579 g/mol. The number of aryl methyl sites for hydroxylation is 1. The molecule has 214 valence electrons. The Bertz CT molecular complexity index is 2050. The second-order valence-electron chi connectivity index (χ2n) is 10.0. The minimum atomic E-state index is -4.61. The molecule has 0 amide bonds. The number of hydrogen-bond donors (Lipinski definition) is 1. The van der Waals surface area contributed by atoms with Crippen molar-refractivity contribution in [1.29, 1.82) is 5.26 Å². The minimum Gasteiger partial charge on any atom is -0.497 e. The van der Waals surface area contributed by atoms with Gasteiger partial charge in [-0.25, -0.2) is 4.98 Å². The zero-order valence-corrected chi connectivity index (χ0v) is 23.1. The van der Waals surface area contributed by atoms with Crippen molar-refractivity contribution in [3.8, 4) is 22.9 Å². The van der Waals surface area contributed by atoms with Gasteiger partial charge in [0.1, 0.15) is 11.8 Å². The maximum atomic E-state index is 14.2. The van der Waals surface area contributed by atoms with Crippen LogP contribution in [0.25, 0.3) is 27.7 Å². The Morgan fingerprint density at radius 2 is 1.79 bits per heavy atom. The van der Waals surface area contributed by atoms with E-state index in [4.69, 9.17) is 4.74 Å². The fourth-order valence-electron chi connectivity index (χ4n) is 5.20. The van der Waals surface area contributed by atoms with Crippen LogP contribution in [0.1, 0.15) is 32.7 Å². The summed E-state index contributed by atoms with van der Waals surface area (Å²) in [6.45, 7) is 0.461. The zero-order chi connectivity index (χ0) is 30.3. The molecule has 0 bridgehead atoms. The van der Waals surface area contributed by atoms with Gasteiger partial charge in [0.05, 0.1) is 52.5 Å². The zero-order valence-electron chi connectivity index (χ0n) is 23.1. The van der Waals surface area contributed by atoms with Gasteiger partial charge in [-0.05, 0) is 71.8 Å². The predicted octanol–water partition coefficient (Wildman–Crippen LogP) is 7.24. The molecule has 0 fully saturated rings. The smallest absolute Gasteiger partial charge is 0.417 e. The quantitative estimate of drug-likeness (QED) is 0.202. The molecule has 0 atom stereocenters. The van der Waals surface area contributed by atoms with E-state index in [-0.39, 0.29) is 22.6 Å². The van der Waals surface area contributed by atoms with Crippen LogP contribution in [0.5, 0.6) is 5.75 Å². The summed E-state index contributed by atoms with van der Waals surface area (Å²) < 4.78 is 50.9. The van der Waals surface area contributed by atoms with Crippen molar-refractivity contribution >= 4 is 28.0 Å². The molecule has 10 heteroatoms. The summed E-state index contributed by atoms with van der Waals surface area (Å²) in [5, 5.41) is 13.0. The molecule has 7 nitrogen and oxygen atoms in total. The first-order chi connectivity index (χ1) is 20.7. The molecule has 3 aromatic heterocycles. The molecule has 0 aliphatic rings. The van der Waals surface area contributed by atoms with Gasteiger partial charge in [0, 0.05) is 30.9 Å². The number of carbonyl (C=O) groups excluding carboxylic acids is 1. The first-order valence-electron chi connectivity index (χ1n) is 13.3. The van der Waals surface area contributed by atoms with Crippen LogP contribution in [-0.2, 0) is 19.8 Å². The maximum absolute atomic E-state index is 14.2. The summed E-state index contributed by atoms with van der Waals surface area (Å²) in [5.41, 5.74) is 3.11. The molecule has 0 aliphatic heterocycles. The highest BCUT2D eigenvalue weighted by molar-refractivity contribution is 6.09. The van der Waals surface area contributed by atoms with Crippen molar-refractivity contribution in [1.82, 2.24) is 14.0 Å². The van der Waals surface area contributed by atoms with Crippen LogP contribution in [0.15, 0.2) is 91.4 Å². The molecule has 43 heavy (non-hydrogen) atoms. The van der Waals surface area contributed by atoms with E-state index in [1.807, 2.05) is 24.3 Å². The largest absolute Gasteiger partial charge is 0.497 e. The molecular formula is C33H24F3N5O2. The molecule has 3 heterocycles. The number of nitrogens with zero attached hydrogens (tertiary/aromatic N) is 4. The first-order valence-corrected chi connectivity index (χ1v) is 13.3. The van der Waals surface area contributed by atoms with E-state index >= 15 is 0 Å². The Labute approximate surface area is 244 Å². The van der Waals surface area contributed by atoms with Crippen LogP contribution in [0.3, 0.4) is 0 Å². The van der Waals surface area contributed by atoms with Crippen molar-refractivity contribution in [2.45, 2.75) is 12.7 Å². The van der Waals surface area contributed by atoms with Gasteiger partial charge in [0.15, 0.2) is 0 Å². The number of hydrogen-bond acceptors (Lipinski definition) is 5. The van der Waals surface area contributed by atoms with Crippen LogP contribution in [-0.4, -0.2) is 26.8 Å². The Morgan fingerprint density at radius 3 is 2.51 bits per heavy atom. The van der Waals surface area contributed by atoms with Crippen molar-refractivity contribution < 1.29 is 22.7 Å². The fourth-order valence-corrected chi connectivity index (χ4v) is 5.20. The van der Waals surface area contributed by atoms with E-state index in [0.29, 0.717) is 39.9 Å². The fraction of sp³-hybridized carbons (Fsp3) is 0.121. The predicted molar refractivity (Wildman–Crippen MR) is 157 cm³/mol. The van der Waals surface area contributed by atoms with Crippen LogP contribution in [0.2, 0.25) is 0 Å². The maximum Gasteiger partial charge on any atom is 0.417 e. The van der Waals surface area contributed by atoms with Crippen LogP contribution in [0.4, 0.5) is 18.9 Å². The Hall–Kier alpha value is -5.56. The summed E-state index contributed by atoms with van der Waals surface area (Å²) in [4.78, 5) is 17.9. The summed E-state index contributed by atoms with van der Waals surface area (Å²) in [6, 6.07) is 23.4. The van der Waals surface area contributed by atoms with E-state index in [2.05, 4.69) is 16.4 Å². The second-order valence-corrected chi connectivity index (χ2v) is 10.0. The van der Waals surface area contributed by atoms with Crippen LogP contribution < -0.4 is 10.1 Å². The molecule has 0 unspecified atom stereocenters. The third-order valence-electron chi connectivity index (χ3n) is 7.43.